The van der Waals surface area contributed by atoms with Crippen molar-refractivity contribution < 1.29 is 40.6 Å². The molecule has 1 aromatic carbocycles. The fraction of sp³-hybridized carbons (Fsp3) is 0.565. The van der Waals surface area contributed by atoms with E-state index in [0.29, 0.717) is 69.1 Å². The van der Waals surface area contributed by atoms with Gasteiger partial charge in [0.25, 0.3) is 5.24 Å². The number of benzene rings is 1. The second kappa shape index (κ2) is 11.1. The average molecular weight is 538 g/mol. The Balaban J connectivity index is 1.38. The lowest BCUT2D eigenvalue weighted by Crippen LogP contribution is -2.33. The molecule has 0 spiro atoms. The molecule has 3 fully saturated rings. The number of ether oxygens (including phenoxy) is 2. The monoisotopic (exact) mass is 537 g/mol. The Morgan fingerprint density at radius 3 is 2.50 bits per heavy atom. The van der Waals surface area contributed by atoms with Crippen LogP contribution in [0, 0.1) is 5.92 Å². The number of allylic oxidation sites excluding steroid dienone is 1. The van der Waals surface area contributed by atoms with Crippen LogP contribution >= 0.6 is 11.8 Å². The number of piperidine rings is 1. The molecule has 0 radical (unpaired) electrons. The molecular weight excluding hydrogens is 512 g/mol. The van der Waals surface area contributed by atoms with Crippen molar-refractivity contribution in [2.45, 2.75) is 37.8 Å². The Bertz CT molecular complexity index is 1010. The van der Waals surface area contributed by atoms with Gasteiger partial charge >= 0.3 is 12.4 Å². The molecule has 3 heterocycles. The fourth-order valence-electron chi connectivity index (χ4n) is 4.28. The summed E-state index contributed by atoms with van der Waals surface area (Å²) in [6.45, 7) is 2.66. The van der Waals surface area contributed by atoms with Gasteiger partial charge in [0.15, 0.2) is 0 Å². The summed E-state index contributed by atoms with van der Waals surface area (Å²) >= 11 is 1.04. The number of carbonyl (C=O) groups is 1. The van der Waals surface area contributed by atoms with Crippen LogP contribution in [0.15, 0.2) is 34.2 Å². The minimum absolute atomic E-state index is 0.0885. The normalized spacial score (nSPS) is 25.1. The Morgan fingerprint density at radius 2 is 1.86 bits per heavy atom. The van der Waals surface area contributed by atoms with Gasteiger partial charge in [-0.1, -0.05) is 12.1 Å². The zero-order valence-corrected chi connectivity index (χ0v) is 19.9. The van der Waals surface area contributed by atoms with E-state index in [0.717, 1.165) is 17.8 Å². The summed E-state index contributed by atoms with van der Waals surface area (Å²) < 4.78 is 90.0. The molecule has 1 unspecified atom stereocenters. The van der Waals surface area contributed by atoms with Gasteiger partial charge in [-0.15, -0.1) is 0 Å². The van der Waals surface area contributed by atoms with Crippen molar-refractivity contribution in [2.75, 3.05) is 39.5 Å². The predicted molar refractivity (Wildman–Crippen MR) is 122 cm³/mol. The minimum atomic E-state index is -4.89. The quantitative estimate of drug-likeness (QED) is 0.531. The van der Waals surface area contributed by atoms with Gasteiger partial charge < -0.3 is 14.8 Å². The standard InChI is InChI=1S/C23H25F6N3O3S/c24-22(25,26)16-2-1-15(18(10-16)23(27,28)29)12-32-5-3-14(4-6-32)9-19-20(31-21(33)36-19)30-11-17-13-34-7-8-35-17/h1-2,9-10,14,17H,3-8,11-13H2,(H,30,31,33)/b19-9-. The predicted octanol–water partition coefficient (Wildman–Crippen LogP) is 5.09. The van der Waals surface area contributed by atoms with E-state index in [1.54, 1.807) is 4.90 Å². The molecule has 0 aromatic heterocycles. The summed E-state index contributed by atoms with van der Waals surface area (Å²) in [6.07, 6.45) is -6.69. The fourth-order valence-corrected chi connectivity index (χ4v) is 5.10. The van der Waals surface area contributed by atoms with Crippen molar-refractivity contribution in [1.29, 1.82) is 0 Å². The first-order valence-corrected chi connectivity index (χ1v) is 12.2. The van der Waals surface area contributed by atoms with E-state index in [-0.39, 0.29) is 35.4 Å². The first-order valence-electron chi connectivity index (χ1n) is 11.4. The second-order valence-corrected chi connectivity index (χ2v) is 9.80. The number of amides is 1. The molecule has 0 aliphatic carbocycles. The molecule has 13 heteroatoms. The lowest BCUT2D eigenvalue weighted by Gasteiger charge is -2.31. The molecule has 6 nitrogen and oxygen atoms in total. The van der Waals surface area contributed by atoms with Crippen LogP contribution < -0.4 is 5.32 Å². The number of carbonyl (C=O) groups excluding carboxylic acids is 1. The number of hydrogen-bond acceptors (Lipinski definition) is 6. The number of thioether (sulfide) groups is 1. The van der Waals surface area contributed by atoms with E-state index in [9.17, 15) is 31.1 Å². The second-order valence-electron chi connectivity index (χ2n) is 8.78. The average Bonchev–Trinajstić information content (AvgIpc) is 3.17. The molecular formula is C23H25F6N3O3S. The Kier molecular flexibility index (Phi) is 8.32. The van der Waals surface area contributed by atoms with E-state index in [1.165, 1.54) is 0 Å². The van der Waals surface area contributed by atoms with E-state index in [2.05, 4.69) is 10.3 Å². The van der Waals surface area contributed by atoms with Gasteiger partial charge in [0, 0.05) is 6.54 Å². The van der Waals surface area contributed by atoms with Gasteiger partial charge in [0.2, 0.25) is 0 Å². The summed E-state index contributed by atoms with van der Waals surface area (Å²) in [5.74, 6) is 0.562. The highest BCUT2D eigenvalue weighted by atomic mass is 32.2. The van der Waals surface area contributed by atoms with Crippen LogP contribution in [-0.2, 0) is 28.4 Å². The number of nitrogens with zero attached hydrogens (tertiary/aromatic N) is 2. The first-order chi connectivity index (χ1) is 17.0. The van der Waals surface area contributed by atoms with Crippen LogP contribution in [0.25, 0.3) is 0 Å². The van der Waals surface area contributed by atoms with Crippen LogP contribution in [0.4, 0.5) is 31.1 Å². The van der Waals surface area contributed by atoms with Gasteiger partial charge in [0.05, 0.1) is 42.4 Å². The summed E-state index contributed by atoms with van der Waals surface area (Å²) in [5, 5.41) is 2.49. The van der Waals surface area contributed by atoms with Crippen LogP contribution in [0.3, 0.4) is 0 Å². The molecule has 1 atom stereocenters. The third-order valence-electron chi connectivity index (χ3n) is 6.15. The van der Waals surface area contributed by atoms with Crippen LogP contribution in [0.1, 0.15) is 29.5 Å². The maximum absolute atomic E-state index is 13.5. The highest BCUT2D eigenvalue weighted by Gasteiger charge is 2.38. The summed E-state index contributed by atoms with van der Waals surface area (Å²) in [6, 6.07) is 1.78. The largest absolute Gasteiger partial charge is 0.416 e. The molecule has 36 heavy (non-hydrogen) atoms. The van der Waals surface area contributed by atoms with E-state index < -0.39 is 23.5 Å². The SMILES string of the molecule is O=C1NC(=NCC2COCCO2)/C(=C/C2CCN(Cc3ccc(C(F)(F)F)cc3C(F)(F)F)CC2)S1. The third-order valence-corrected chi connectivity index (χ3v) is 6.99. The Morgan fingerprint density at radius 1 is 1.11 bits per heavy atom. The van der Waals surface area contributed by atoms with Crippen molar-refractivity contribution in [1.82, 2.24) is 10.2 Å². The molecule has 4 rings (SSSR count). The van der Waals surface area contributed by atoms with Crippen molar-refractivity contribution in [2.24, 2.45) is 10.9 Å². The number of halogens is 6. The van der Waals surface area contributed by atoms with Crippen molar-refractivity contribution in [3.63, 3.8) is 0 Å². The number of hydrogen-bond donors (Lipinski definition) is 1. The topological polar surface area (TPSA) is 63.2 Å². The summed E-state index contributed by atoms with van der Waals surface area (Å²) in [7, 11) is 0. The number of likely N-dealkylation sites (tertiary alicyclic amines) is 1. The maximum atomic E-state index is 13.5. The van der Waals surface area contributed by atoms with Crippen LogP contribution in [0.5, 0.6) is 0 Å². The minimum Gasteiger partial charge on any atom is -0.376 e. The summed E-state index contributed by atoms with van der Waals surface area (Å²) in [5.41, 5.74) is -2.76. The van der Waals surface area contributed by atoms with Gasteiger partial charge in [-0.2, -0.15) is 26.3 Å². The zero-order chi connectivity index (χ0) is 25.9. The highest BCUT2D eigenvalue weighted by molar-refractivity contribution is 8.18. The Hall–Kier alpha value is -2.09. The lowest BCUT2D eigenvalue weighted by atomic mass is 9.95. The smallest absolute Gasteiger partial charge is 0.376 e. The molecule has 198 valence electrons. The Labute approximate surface area is 208 Å². The molecule has 1 aromatic rings. The van der Waals surface area contributed by atoms with Crippen LogP contribution in [-0.4, -0.2) is 61.5 Å². The van der Waals surface area contributed by atoms with E-state index >= 15 is 0 Å². The van der Waals surface area contributed by atoms with Gasteiger partial charge in [-0.3, -0.25) is 14.7 Å². The van der Waals surface area contributed by atoms with Gasteiger partial charge in [-0.25, -0.2) is 0 Å². The van der Waals surface area contributed by atoms with Crippen molar-refractivity contribution >= 4 is 22.8 Å². The maximum Gasteiger partial charge on any atom is 0.416 e. The number of amidine groups is 1. The first kappa shape index (κ1) is 27.0. The summed E-state index contributed by atoms with van der Waals surface area (Å²) in [4.78, 5) is 18.9. The van der Waals surface area contributed by atoms with E-state index in [1.807, 2.05) is 6.08 Å². The van der Waals surface area contributed by atoms with Gasteiger partial charge in [0.1, 0.15) is 11.9 Å². The number of alkyl halides is 6. The van der Waals surface area contributed by atoms with Crippen LogP contribution in [0.2, 0.25) is 0 Å². The molecule has 3 saturated heterocycles. The van der Waals surface area contributed by atoms with Crippen molar-refractivity contribution in [3.8, 4) is 0 Å². The molecule has 3 aliphatic rings. The van der Waals surface area contributed by atoms with Crippen molar-refractivity contribution in [3.05, 3.63) is 45.9 Å². The number of rotatable bonds is 5. The molecule has 0 saturated carbocycles. The molecule has 0 bridgehead atoms. The number of nitrogens with one attached hydrogen (secondary N) is 1. The zero-order valence-electron chi connectivity index (χ0n) is 19.1. The molecule has 1 amide bonds. The highest BCUT2D eigenvalue weighted by Crippen LogP contribution is 2.38. The third kappa shape index (κ3) is 7.02. The molecule has 1 N–H and O–H groups in total. The van der Waals surface area contributed by atoms with E-state index in [4.69, 9.17) is 9.47 Å². The number of aliphatic imine (C=N–C) groups is 1. The lowest BCUT2D eigenvalue weighted by molar-refractivity contribution is -0.143. The van der Waals surface area contributed by atoms with Gasteiger partial charge in [-0.05, 0) is 61.3 Å². The molecule has 3 aliphatic heterocycles.